The van der Waals surface area contributed by atoms with Gasteiger partial charge in [-0.25, -0.2) is 0 Å². The van der Waals surface area contributed by atoms with Crippen LogP contribution >= 0.6 is 23.4 Å². The molecule has 0 atom stereocenters. The van der Waals surface area contributed by atoms with Gasteiger partial charge >= 0.3 is 0 Å². The van der Waals surface area contributed by atoms with Crippen LogP contribution in [0.1, 0.15) is 18.6 Å². The van der Waals surface area contributed by atoms with Gasteiger partial charge < -0.3 is 14.7 Å². The van der Waals surface area contributed by atoms with Crippen molar-refractivity contribution in [3.63, 3.8) is 0 Å². The molecular weight excluding hydrogens is 412 g/mol. The van der Waals surface area contributed by atoms with Crippen LogP contribution in [0.15, 0.2) is 39.8 Å². The van der Waals surface area contributed by atoms with Crippen LogP contribution in [0.25, 0.3) is 0 Å². The van der Waals surface area contributed by atoms with E-state index in [-0.39, 0.29) is 18.4 Å². The molecule has 0 unspecified atom stereocenters. The van der Waals surface area contributed by atoms with Crippen molar-refractivity contribution >= 4 is 41.0 Å². The highest BCUT2D eigenvalue weighted by Crippen LogP contribution is 2.21. The molecule has 29 heavy (non-hydrogen) atoms. The van der Waals surface area contributed by atoms with Gasteiger partial charge in [-0.15, -0.1) is 11.8 Å². The smallest absolute Gasteiger partial charge is 0.239 e. The first kappa shape index (κ1) is 21.7. The molecule has 2 aromatic rings. The van der Waals surface area contributed by atoms with Gasteiger partial charge in [-0.05, 0) is 43.4 Å². The Kier molecular flexibility index (Phi) is 7.97. The van der Waals surface area contributed by atoms with Gasteiger partial charge in [0.05, 0.1) is 6.54 Å². The minimum Gasteiger partial charge on any atom is -0.360 e. The first-order valence-corrected chi connectivity index (χ1v) is 11.0. The maximum absolute atomic E-state index is 12.4. The average Bonchev–Trinajstić information content (AvgIpc) is 3.11. The molecule has 7 nitrogen and oxygen atoms in total. The van der Waals surface area contributed by atoms with Gasteiger partial charge in [0.15, 0.2) is 5.82 Å². The van der Waals surface area contributed by atoms with Gasteiger partial charge in [-0.3, -0.25) is 14.5 Å². The maximum atomic E-state index is 12.4. The van der Waals surface area contributed by atoms with Crippen LogP contribution in [0.5, 0.6) is 0 Å². The number of rotatable bonds is 8. The lowest BCUT2D eigenvalue weighted by molar-refractivity contribution is -0.133. The number of hydrogen-bond acceptors (Lipinski definition) is 6. The van der Waals surface area contributed by atoms with E-state index < -0.39 is 0 Å². The lowest BCUT2D eigenvalue weighted by Crippen LogP contribution is -2.50. The zero-order chi connectivity index (χ0) is 20.6. The zero-order valence-electron chi connectivity index (χ0n) is 16.4. The molecule has 0 bridgehead atoms. The van der Waals surface area contributed by atoms with Crippen LogP contribution in [0.4, 0.5) is 5.82 Å². The Morgan fingerprint density at radius 1 is 1.21 bits per heavy atom. The van der Waals surface area contributed by atoms with E-state index in [4.69, 9.17) is 16.1 Å². The number of nitrogens with one attached hydrogen (secondary N) is 1. The van der Waals surface area contributed by atoms with Crippen LogP contribution in [-0.2, 0) is 9.59 Å². The molecule has 0 spiro atoms. The number of piperazine rings is 1. The van der Waals surface area contributed by atoms with Crippen molar-refractivity contribution in [1.29, 1.82) is 0 Å². The molecule has 156 valence electrons. The number of hydrogen-bond donors (Lipinski definition) is 1. The third-order valence-corrected chi connectivity index (χ3v) is 5.96. The number of amides is 2. The Hall–Kier alpha value is -2.03. The fourth-order valence-corrected chi connectivity index (χ4v) is 4.05. The monoisotopic (exact) mass is 436 g/mol. The Balaban J connectivity index is 1.30. The molecule has 0 aliphatic carbocycles. The lowest BCUT2D eigenvalue weighted by Gasteiger charge is -2.34. The second kappa shape index (κ2) is 10.7. The van der Waals surface area contributed by atoms with Crippen molar-refractivity contribution in [3.8, 4) is 0 Å². The summed E-state index contributed by atoms with van der Waals surface area (Å²) in [6, 6.07) is 9.42. The van der Waals surface area contributed by atoms with Gasteiger partial charge in [0, 0.05) is 48.6 Å². The van der Waals surface area contributed by atoms with Crippen molar-refractivity contribution < 1.29 is 14.1 Å². The molecule has 1 saturated heterocycles. The molecule has 3 rings (SSSR count). The van der Waals surface area contributed by atoms with Gasteiger partial charge in [0.25, 0.3) is 0 Å². The van der Waals surface area contributed by atoms with Crippen molar-refractivity contribution in [3.05, 3.63) is 41.1 Å². The van der Waals surface area contributed by atoms with E-state index >= 15 is 0 Å². The van der Waals surface area contributed by atoms with Gasteiger partial charge in [-0.2, -0.15) is 0 Å². The van der Waals surface area contributed by atoms with E-state index in [0.29, 0.717) is 44.2 Å². The fourth-order valence-electron chi connectivity index (χ4n) is 3.07. The highest BCUT2D eigenvalue weighted by atomic mass is 35.5. The van der Waals surface area contributed by atoms with E-state index in [2.05, 4.69) is 10.5 Å². The summed E-state index contributed by atoms with van der Waals surface area (Å²) >= 11 is 7.62. The molecule has 0 radical (unpaired) electrons. The van der Waals surface area contributed by atoms with Crippen LogP contribution in [-0.4, -0.2) is 65.2 Å². The molecule has 1 N–H and O–H groups in total. The summed E-state index contributed by atoms with van der Waals surface area (Å²) in [6.45, 7) is 4.74. The topological polar surface area (TPSA) is 78.7 Å². The molecule has 0 saturated carbocycles. The third-order valence-electron chi connectivity index (χ3n) is 4.61. The van der Waals surface area contributed by atoms with E-state index in [1.807, 2.05) is 34.1 Å². The van der Waals surface area contributed by atoms with E-state index in [1.54, 1.807) is 24.8 Å². The second-order valence-electron chi connectivity index (χ2n) is 6.93. The molecule has 2 heterocycles. The number of aryl methyl sites for hydroxylation is 1. The molecule has 2 amide bonds. The average molecular weight is 437 g/mol. The van der Waals surface area contributed by atoms with Crippen molar-refractivity contribution in [2.24, 2.45) is 0 Å². The summed E-state index contributed by atoms with van der Waals surface area (Å²) in [5, 5.41) is 7.21. The lowest BCUT2D eigenvalue weighted by atomic mass is 10.2. The third kappa shape index (κ3) is 7.06. The predicted octanol–water partition coefficient (Wildman–Crippen LogP) is 3.29. The normalized spacial score (nSPS) is 14.8. The zero-order valence-corrected chi connectivity index (χ0v) is 18.0. The summed E-state index contributed by atoms with van der Waals surface area (Å²) in [4.78, 5) is 29.6. The number of anilines is 1. The highest BCUT2D eigenvalue weighted by molar-refractivity contribution is 7.99. The van der Waals surface area contributed by atoms with Gasteiger partial charge in [0.2, 0.25) is 11.8 Å². The number of thioether (sulfide) groups is 1. The van der Waals surface area contributed by atoms with Crippen LogP contribution < -0.4 is 5.32 Å². The summed E-state index contributed by atoms with van der Waals surface area (Å²) in [5.74, 6) is 2.03. The first-order chi connectivity index (χ1) is 14.0. The standard InChI is InChI=1S/C20H25ClN4O3S/c1-15-13-18(23-28-15)22-19(26)14-24-8-10-25(11-9-24)20(27)3-2-12-29-17-6-4-16(21)5-7-17/h4-7,13H,2-3,8-12,14H2,1H3,(H,22,23,26). The van der Waals surface area contributed by atoms with E-state index in [0.717, 1.165) is 22.1 Å². The predicted molar refractivity (Wildman–Crippen MR) is 114 cm³/mol. The highest BCUT2D eigenvalue weighted by Gasteiger charge is 2.22. The van der Waals surface area contributed by atoms with Gasteiger partial charge in [-0.1, -0.05) is 16.8 Å². The van der Waals surface area contributed by atoms with Crippen LogP contribution in [0, 0.1) is 6.92 Å². The molecular formula is C20H25ClN4O3S. The summed E-state index contributed by atoms with van der Waals surface area (Å²) in [7, 11) is 0. The molecule has 1 aliphatic heterocycles. The minimum absolute atomic E-state index is 0.127. The molecule has 9 heteroatoms. The minimum atomic E-state index is -0.127. The second-order valence-corrected chi connectivity index (χ2v) is 8.54. The number of carbonyl (C=O) groups excluding carboxylic acids is 2. The SMILES string of the molecule is Cc1cc(NC(=O)CN2CCN(C(=O)CCCSc3ccc(Cl)cc3)CC2)no1. The quantitative estimate of drug-likeness (QED) is 0.505. The molecule has 1 aromatic heterocycles. The Morgan fingerprint density at radius 3 is 2.59 bits per heavy atom. The number of aromatic nitrogens is 1. The van der Waals surface area contributed by atoms with Gasteiger partial charge in [0.1, 0.15) is 5.76 Å². The first-order valence-electron chi connectivity index (χ1n) is 9.61. The van der Waals surface area contributed by atoms with Crippen molar-refractivity contribution in [2.45, 2.75) is 24.7 Å². The Morgan fingerprint density at radius 2 is 1.93 bits per heavy atom. The Labute approximate surface area is 179 Å². The van der Waals surface area contributed by atoms with Crippen LogP contribution in [0.2, 0.25) is 5.02 Å². The summed E-state index contributed by atoms with van der Waals surface area (Å²) in [6.07, 6.45) is 1.39. The molecule has 1 aliphatic rings. The van der Waals surface area contributed by atoms with E-state index in [1.165, 1.54) is 0 Å². The largest absolute Gasteiger partial charge is 0.360 e. The van der Waals surface area contributed by atoms with Crippen molar-refractivity contribution in [2.75, 3.05) is 43.8 Å². The van der Waals surface area contributed by atoms with Crippen LogP contribution in [0.3, 0.4) is 0 Å². The number of nitrogens with zero attached hydrogens (tertiary/aromatic N) is 3. The molecule has 1 fully saturated rings. The van der Waals surface area contributed by atoms with Crippen molar-refractivity contribution in [1.82, 2.24) is 15.0 Å². The number of halogens is 1. The summed E-state index contributed by atoms with van der Waals surface area (Å²) in [5.41, 5.74) is 0. The molecule has 1 aromatic carbocycles. The number of benzene rings is 1. The number of carbonyl (C=O) groups is 2. The van der Waals surface area contributed by atoms with E-state index in [9.17, 15) is 9.59 Å². The fraction of sp³-hybridized carbons (Fsp3) is 0.450. The maximum Gasteiger partial charge on any atom is 0.239 e. The Bertz CT molecular complexity index is 819. The summed E-state index contributed by atoms with van der Waals surface area (Å²) < 4.78 is 4.94.